The lowest BCUT2D eigenvalue weighted by atomic mass is 9.90. The number of nitrogens with one attached hydrogen (secondary N) is 2. The molecule has 4 rings (SSSR count). The lowest BCUT2D eigenvalue weighted by molar-refractivity contribution is -0.127. The summed E-state index contributed by atoms with van der Waals surface area (Å²) in [5.74, 6) is -1.13. The van der Waals surface area contributed by atoms with Gasteiger partial charge in [0, 0.05) is 11.6 Å². The molecular weight excluding hydrogens is 406 g/mol. The summed E-state index contributed by atoms with van der Waals surface area (Å²) in [5.41, 5.74) is 2.42. The van der Waals surface area contributed by atoms with Crippen LogP contribution in [0.5, 0.6) is 0 Å². The number of benzene rings is 3. The lowest BCUT2D eigenvalue weighted by Gasteiger charge is -2.23. The van der Waals surface area contributed by atoms with Crippen LogP contribution in [0.2, 0.25) is 0 Å². The van der Waals surface area contributed by atoms with Gasteiger partial charge >= 0.3 is 0 Å². The van der Waals surface area contributed by atoms with Crippen LogP contribution in [0.4, 0.5) is 5.13 Å². The second-order valence-corrected chi connectivity index (χ2v) is 7.83. The Labute approximate surface area is 184 Å². The van der Waals surface area contributed by atoms with Gasteiger partial charge < -0.3 is 5.32 Å². The zero-order valence-electron chi connectivity index (χ0n) is 16.6. The van der Waals surface area contributed by atoms with Crippen molar-refractivity contribution < 1.29 is 9.59 Å². The molecule has 31 heavy (non-hydrogen) atoms. The number of rotatable bonds is 7. The molecule has 0 saturated heterocycles. The first-order valence-corrected chi connectivity index (χ1v) is 10.8. The van der Waals surface area contributed by atoms with Gasteiger partial charge in [-0.15, -0.1) is 11.3 Å². The van der Waals surface area contributed by atoms with Crippen LogP contribution in [-0.2, 0) is 9.59 Å². The van der Waals surface area contributed by atoms with Crippen LogP contribution in [0.1, 0.15) is 28.7 Å². The third kappa shape index (κ3) is 5.05. The number of hydrogen-bond donors (Lipinski definition) is 2. The van der Waals surface area contributed by atoms with Gasteiger partial charge in [-0.3, -0.25) is 14.9 Å². The Bertz CT molecular complexity index is 1080. The maximum absolute atomic E-state index is 13.5. The van der Waals surface area contributed by atoms with Gasteiger partial charge in [0.15, 0.2) is 5.13 Å². The molecule has 1 aromatic heterocycles. The molecular formula is C25H21N3O2S. The largest absolute Gasteiger partial charge is 0.340 e. The van der Waals surface area contributed by atoms with E-state index < -0.39 is 12.0 Å². The highest BCUT2D eigenvalue weighted by Crippen LogP contribution is 2.26. The first-order valence-electron chi connectivity index (χ1n) is 9.88. The van der Waals surface area contributed by atoms with E-state index in [9.17, 15) is 9.59 Å². The van der Waals surface area contributed by atoms with Crippen molar-refractivity contribution in [3.05, 3.63) is 119 Å². The standard InChI is InChI=1S/C25H21N3O2S/c29-23(21(18-10-4-1-5-11-18)19-12-6-2-7-13-19)27-22(20-14-8-3-9-15-20)24(30)28-25-26-16-17-31-25/h1-17,21-22H,(H,27,29)(H,26,28,30)/t22-/m0/s1. The Morgan fingerprint density at radius 2 is 1.23 bits per heavy atom. The molecule has 1 heterocycles. The van der Waals surface area contributed by atoms with Crippen molar-refractivity contribution in [2.45, 2.75) is 12.0 Å². The quantitative estimate of drug-likeness (QED) is 0.446. The van der Waals surface area contributed by atoms with E-state index in [2.05, 4.69) is 15.6 Å². The molecule has 2 amide bonds. The average molecular weight is 428 g/mol. The summed E-state index contributed by atoms with van der Waals surface area (Å²) in [6.45, 7) is 0. The molecule has 0 saturated carbocycles. The molecule has 1 atom stereocenters. The number of nitrogens with zero attached hydrogens (tertiary/aromatic N) is 1. The predicted octanol–water partition coefficient (Wildman–Crippen LogP) is 4.77. The summed E-state index contributed by atoms with van der Waals surface area (Å²) >= 11 is 1.33. The molecule has 2 N–H and O–H groups in total. The lowest BCUT2D eigenvalue weighted by Crippen LogP contribution is -2.39. The maximum Gasteiger partial charge on any atom is 0.253 e. The SMILES string of the molecule is O=C(N[C@H](C(=O)Nc1nccs1)c1ccccc1)C(c1ccccc1)c1ccccc1. The average Bonchev–Trinajstić information content (AvgIpc) is 3.32. The number of thiazole rings is 1. The van der Waals surface area contributed by atoms with Crippen LogP contribution in [0.25, 0.3) is 0 Å². The summed E-state index contributed by atoms with van der Waals surface area (Å²) in [6, 6.07) is 27.5. The van der Waals surface area contributed by atoms with E-state index in [-0.39, 0.29) is 11.8 Å². The highest BCUT2D eigenvalue weighted by Gasteiger charge is 2.29. The molecule has 0 spiro atoms. The summed E-state index contributed by atoms with van der Waals surface area (Å²) < 4.78 is 0. The van der Waals surface area contributed by atoms with Gasteiger partial charge in [0.05, 0.1) is 5.92 Å². The van der Waals surface area contributed by atoms with Crippen molar-refractivity contribution in [1.29, 1.82) is 0 Å². The van der Waals surface area contributed by atoms with E-state index >= 15 is 0 Å². The number of carbonyl (C=O) groups is 2. The summed E-state index contributed by atoms with van der Waals surface area (Å²) in [7, 11) is 0. The molecule has 0 unspecified atom stereocenters. The summed E-state index contributed by atoms with van der Waals surface area (Å²) in [6.07, 6.45) is 1.62. The van der Waals surface area contributed by atoms with Crippen molar-refractivity contribution in [2.24, 2.45) is 0 Å². The molecule has 0 bridgehead atoms. The minimum atomic E-state index is -0.854. The van der Waals surface area contributed by atoms with E-state index in [0.29, 0.717) is 10.7 Å². The molecule has 6 heteroatoms. The highest BCUT2D eigenvalue weighted by molar-refractivity contribution is 7.13. The number of anilines is 1. The Kier molecular flexibility index (Phi) is 6.50. The van der Waals surface area contributed by atoms with Gasteiger partial charge in [-0.1, -0.05) is 91.0 Å². The fourth-order valence-electron chi connectivity index (χ4n) is 3.42. The minimum Gasteiger partial charge on any atom is -0.340 e. The van der Waals surface area contributed by atoms with E-state index in [4.69, 9.17) is 0 Å². The van der Waals surface area contributed by atoms with Crippen LogP contribution in [0.3, 0.4) is 0 Å². The van der Waals surface area contributed by atoms with Gasteiger partial charge in [0.1, 0.15) is 6.04 Å². The first kappa shape index (κ1) is 20.5. The minimum absolute atomic E-state index is 0.249. The van der Waals surface area contributed by atoms with E-state index in [1.54, 1.807) is 11.6 Å². The van der Waals surface area contributed by atoms with Crippen LogP contribution in [-0.4, -0.2) is 16.8 Å². The van der Waals surface area contributed by atoms with Gasteiger partial charge in [0.25, 0.3) is 5.91 Å². The molecule has 5 nitrogen and oxygen atoms in total. The Hall–Kier alpha value is -3.77. The summed E-state index contributed by atoms with van der Waals surface area (Å²) in [4.78, 5) is 30.7. The number of amides is 2. The highest BCUT2D eigenvalue weighted by atomic mass is 32.1. The number of hydrogen-bond acceptors (Lipinski definition) is 4. The maximum atomic E-state index is 13.5. The van der Waals surface area contributed by atoms with Crippen LogP contribution >= 0.6 is 11.3 Å². The van der Waals surface area contributed by atoms with Crippen LogP contribution in [0, 0.1) is 0 Å². The first-order chi connectivity index (χ1) is 15.2. The van der Waals surface area contributed by atoms with E-state index in [1.165, 1.54) is 11.3 Å². The Morgan fingerprint density at radius 3 is 1.71 bits per heavy atom. The molecule has 0 fully saturated rings. The van der Waals surface area contributed by atoms with E-state index in [1.807, 2.05) is 91.0 Å². The monoisotopic (exact) mass is 427 g/mol. The zero-order chi connectivity index (χ0) is 21.5. The molecule has 3 aromatic carbocycles. The van der Waals surface area contributed by atoms with Gasteiger partial charge in [-0.2, -0.15) is 0 Å². The predicted molar refractivity (Wildman–Crippen MR) is 123 cm³/mol. The molecule has 0 aliphatic carbocycles. The molecule has 0 radical (unpaired) electrons. The normalized spacial score (nSPS) is 11.6. The fraction of sp³-hybridized carbons (Fsp3) is 0.0800. The second-order valence-electron chi connectivity index (χ2n) is 6.93. The Morgan fingerprint density at radius 1 is 0.710 bits per heavy atom. The van der Waals surface area contributed by atoms with Crippen LogP contribution < -0.4 is 10.6 Å². The van der Waals surface area contributed by atoms with Crippen molar-refractivity contribution in [1.82, 2.24) is 10.3 Å². The van der Waals surface area contributed by atoms with Crippen LogP contribution in [0.15, 0.2) is 103 Å². The van der Waals surface area contributed by atoms with Crippen molar-refractivity contribution >= 4 is 28.3 Å². The van der Waals surface area contributed by atoms with Crippen molar-refractivity contribution in [2.75, 3.05) is 5.32 Å². The number of carbonyl (C=O) groups excluding carboxylic acids is 2. The number of aromatic nitrogens is 1. The second kappa shape index (κ2) is 9.82. The molecule has 154 valence electrons. The van der Waals surface area contributed by atoms with Crippen molar-refractivity contribution in [3.8, 4) is 0 Å². The van der Waals surface area contributed by atoms with E-state index in [0.717, 1.165) is 11.1 Å². The third-order valence-corrected chi connectivity index (χ3v) is 5.56. The fourth-order valence-corrected chi connectivity index (χ4v) is 3.95. The zero-order valence-corrected chi connectivity index (χ0v) is 17.5. The van der Waals surface area contributed by atoms with Crippen molar-refractivity contribution in [3.63, 3.8) is 0 Å². The topological polar surface area (TPSA) is 71.1 Å². The van der Waals surface area contributed by atoms with Gasteiger partial charge in [-0.05, 0) is 16.7 Å². The third-order valence-electron chi connectivity index (χ3n) is 4.87. The molecule has 0 aliphatic rings. The summed E-state index contributed by atoms with van der Waals surface area (Å²) in [5, 5.41) is 8.04. The van der Waals surface area contributed by atoms with Gasteiger partial charge in [0.2, 0.25) is 5.91 Å². The van der Waals surface area contributed by atoms with Gasteiger partial charge in [-0.25, -0.2) is 4.98 Å². The molecule has 0 aliphatic heterocycles. The Balaban J connectivity index is 1.65. The smallest absolute Gasteiger partial charge is 0.253 e. The molecule has 4 aromatic rings.